The zero-order chi connectivity index (χ0) is 17.0. The number of hydrazone groups is 1. The van der Waals surface area contributed by atoms with E-state index in [0.29, 0.717) is 20.8 Å². The molecule has 1 heterocycles. The predicted octanol–water partition coefficient (Wildman–Crippen LogP) is 3.25. The summed E-state index contributed by atoms with van der Waals surface area (Å²) in [5, 5.41) is 5.58. The minimum atomic E-state index is -0.240. The molecule has 4 unspecified atom stereocenters. The normalized spacial score (nSPS) is 30.7. The van der Waals surface area contributed by atoms with Crippen LogP contribution >= 0.6 is 27.5 Å². The summed E-state index contributed by atoms with van der Waals surface area (Å²) in [6.45, 7) is 0. The van der Waals surface area contributed by atoms with E-state index >= 15 is 0 Å². The van der Waals surface area contributed by atoms with Gasteiger partial charge in [-0.15, -0.1) is 0 Å². The molecule has 1 aromatic carbocycles. The van der Waals surface area contributed by atoms with Gasteiger partial charge in [0.2, 0.25) is 0 Å². The van der Waals surface area contributed by atoms with Gasteiger partial charge in [0.15, 0.2) is 5.75 Å². The van der Waals surface area contributed by atoms with E-state index in [4.69, 9.17) is 16.3 Å². The van der Waals surface area contributed by atoms with Gasteiger partial charge in [0.05, 0.1) is 34.7 Å². The van der Waals surface area contributed by atoms with E-state index in [1.165, 1.54) is 13.3 Å². The molecule has 2 amide bonds. The van der Waals surface area contributed by atoms with Crippen LogP contribution in [-0.2, 0) is 9.59 Å². The molecule has 0 N–H and O–H groups in total. The standard InChI is InChI=1S/C17H14BrClN2O3/c1-24-15-11(18)4-8(5-12(15)19)7-20-21-16(22)13-9-2-3-10(6-9)14(13)17(21)23/h2-5,7,9-10,13-14H,6H2,1H3. The van der Waals surface area contributed by atoms with Crippen LogP contribution in [0.2, 0.25) is 5.02 Å². The Bertz CT molecular complexity index is 754. The van der Waals surface area contributed by atoms with Gasteiger partial charge in [-0.25, -0.2) is 0 Å². The lowest BCUT2D eigenvalue weighted by atomic mass is 9.85. The number of hydrogen-bond acceptors (Lipinski definition) is 4. The molecule has 1 aliphatic heterocycles. The molecular formula is C17H14BrClN2O3. The Kier molecular flexibility index (Phi) is 3.77. The molecule has 2 fully saturated rings. The largest absolute Gasteiger partial charge is 0.494 e. The smallest absolute Gasteiger partial charge is 0.254 e. The zero-order valence-corrected chi connectivity index (χ0v) is 15.1. The maximum absolute atomic E-state index is 12.5. The molecule has 1 saturated heterocycles. The van der Waals surface area contributed by atoms with Crippen LogP contribution in [0, 0.1) is 23.7 Å². The summed E-state index contributed by atoms with van der Waals surface area (Å²) in [6, 6.07) is 3.44. The van der Waals surface area contributed by atoms with Crippen LogP contribution in [0.3, 0.4) is 0 Å². The van der Waals surface area contributed by atoms with Crippen molar-refractivity contribution in [2.75, 3.05) is 7.11 Å². The van der Waals surface area contributed by atoms with Gasteiger partial charge < -0.3 is 4.74 Å². The highest BCUT2D eigenvalue weighted by molar-refractivity contribution is 9.10. The van der Waals surface area contributed by atoms with Crippen molar-refractivity contribution >= 4 is 45.6 Å². The number of carbonyl (C=O) groups excluding carboxylic acids is 2. The average molecular weight is 410 g/mol. The monoisotopic (exact) mass is 408 g/mol. The number of rotatable bonds is 3. The Morgan fingerprint density at radius 2 is 1.88 bits per heavy atom. The number of allylic oxidation sites excluding steroid dienone is 2. The number of benzene rings is 1. The molecule has 1 saturated carbocycles. The number of nitrogens with zero attached hydrogens (tertiary/aromatic N) is 2. The van der Waals surface area contributed by atoms with Crippen molar-refractivity contribution in [3.05, 3.63) is 39.3 Å². The van der Waals surface area contributed by atoms with Crippen LogP contribution in [0.1, 0.15) is 12.0 Å². The highest BCUT2D eigenvalue weighted by Crippen LogP contribution is 2.52. The molecule has 1 aromatic rings. The van der Waals surface area contributed by atoms with E-state index in [2.05, 4.69) is 33.2 Å². The highest BCUT2D eigenvalue weighted by atomic mass is 79.9. The van der Waals surface area contributed by atoms with Crippen molar-refractivity contribution in [2.45, 2.75) is 6.42 Å². The third kappa shape index (κ3) is 2.24. The van der Waals surface area contributed by atoms with Gasteiger partial charge in [0.1, 0.15) is 0 Å². The number of fused-ring (bicyclic) bond motifs is 5. The summed E-state index contributed by atoms with van der Waals surface area (Å²) in [4.78, 5) is 25.1. The van der Waals surface area contributed by atoms with E-state index in [0.717, 1.165) is 11.4 Å². The molecule has 5 nitrogen and oxygen atoms in total. The second kappa shape index (κ2) is 5.70. The Morgan fingerprint density at radius 3 is 2.42 bits per heavy atom. The molecule has 4 atom stereocenters. The third-order valence-corrected chi connectivity index (χ3v) is 5.86. The minimum Gasteiger partial charge on any atom is -0.494 e. The van der Waals surface area contributed by atoms with Crippen LogP contribution in [0.15, 0.2) is 33.9 Å². The topological polar surface area (TPSA) is 59.0 Å². The minimum absolute atomic E-state index is 0.182. The Morgan fingerprint density at radius 1 is 1.25 bits per heavy atom. The molecule has 4 rings (SSSR count). The van der Waals surface area contributed by atoms with Crippen molar-refractivity contribution in [1.82, 2.24) is 5.01 Å². The molecule has 0 spiro atoms. The van der Waals surface area contributed by atoms with Crippen molar-refractivity contribution in [3.63, 3.8) is 0 Å². The first-order chi connectivity index (χ1) is 11.5. The molecule has 24 heavy (non-hydrogen) atoms. The van der Waals surface area contributed by atoms with Gasteiger partial charge in [-0.2, -0.15) is 10.1 Å². The van der Waals surface area contributed by atoms with Crippen molar-refractivity contribution < 1.29 is 14.3 Å². The first-order valence-corrected chi connectivity index (χ1v) is 8.81. The fraction of sp³-hybridized carbons (Fsp3) is 0.353. The number of ether oxygens (including phenoxy) is 1. The number of methoxy groups -OCH3 is 1. The highest BCUT2D eigenvalue weighted by Gasteiger charge is 2.59. The van der Waals surface area contributed by atoms with Gasteiger partial charge in [-0.05, 0) is 51.9 Å². The first-order valence-electron chi connectivity index (χ1n) is 7.64. The summed E-state index contributed by atoms with van der Waals surface area (Å²) in [5.74, 6) is 0.0157. The summed E-state index contributed by atoms with van der Waals surface area (Å²) in [7, 11) is 1.53. The molecule has 2 bridgehead atoms. The number of hydrogen-bond donors (Lipinski definition) is 0. The molecule has 3 aliphatic rings. The maximum Gasteiger partial charge on any atom is 0.254 e. The Hall–Kier alpha value is -1.66. The van der Waals surface area contributed by atoms with Gasteiger partial charge in [0, 0.05) is 0 Å². The SMILES string of the molecule is COc1c(Cl)cc(C=NN2C(=O)C3C4C=CC(C4)C3C2=O)cc1Br. The zero-order valence-electron chi connectivity index (χ0n) is 12.8. The lowest BCUT2D eigenvalue weighted by Crippen LogP contribution is -2.28. The summed E-state index contributed by atoms with van der Waals surface area (Å²) >= 11 is 9.51. The van der Waals surface area contributed by atoms with Crippen molar-refractivity contribution in [3.8, 4) is 5.75 Å². The first kappa shape index (κ1) is 15.8. The average Bonchev–Trinajstić information content (AvgIpc) is 3.20. The van der Waals surface area contributed by atoms with Crippen LogP contribution in [-0.4, -0.2) is 30.1 Å². The lowest BCUT2D eigenvalue weighted by molar-refractivity contribution is -0.140. The van der Waals surface area contributed by atoms with Crippen LogP contribution in [0.4, 0.5) is 0 Å². The van der Waals surface area contributed by atoms with Gasteiger partial charge in [-0.1, -0.05) is 23.8 Å². The van der Waals surface area contributed by atoms with E-state index in [9.17, 15) is 9.59 Å². The Labute approximate surface area is 152 Å². The molecular weight excluding hydrogens is 396 g/mol. The molecule has 0 aromatic heterocycles. The van der Waals surface area contributed by atoms with E-state index in [1.54, 1.807) is 12.1 Å². The number of amides is 2. The van der Waals surface area contributed by atoms with E-state index in [-0.39, 0.29) is 35.5 Å². The lowest BCUT2D eigenvalue weighted by Gasteiger charge is -2.13. The van der Waals surface area contributed by atoms with Gasteiger partial charge >= 0.3 is 0 Å². The van der Waals surface area contributed by atoms with Gasteiger partial charge in [0.25, 0.3) is 11.8 Å². The summed E-state index contributed by atoms with van der Waals surface area (Å²) in [6.07, 6.45) is 6.50. The van der Waals surface area contributed by atoms with Crippen molar-refractivity contribution in [2.24, 2.45) is 28.8 Å². The number of halogens is 2. The van der Waals surface area contributed by atoms with E-state index in [1.807, 2.05) is 0 Å². The molecule has 2 aliphatic carbocycles. The summed E-state index contributed by atoms with van der Waals surface area (Å²) < 4.78 is 5.85. The third-order valence-electron chi connectivity index (χ3n) is 4.99. The molecule has 0 radical (unpaired) electrons. The van der Waals surface area contributed by atoms with Crippen LogP contribution in [0.5, 0.6) is 5.75 Å². The van der Waals surface area contributed by atoms with Crippen molar-refractivity contribution in [1.29, 1.82) is 0 Å². The van der Waals surface area contributed by atoms with Crippen LogP contribution in [0.25, 0.3) is 0 Å². The fourth-order valence-corrected chi connectivity index (χ4v) is 5.03. The quantitative estimate of drug-likeness (QED) is 0.437. The number of imide groups is 1. The van der Waals surface area contributed by atoms with Gasteiger partial charge in [-0.3, -0.25) is 9.59 Å². The predicted molar refractivity (Wildman–Crippen MR) is 92.9 cm³/mol. The number of carbonyl (C=O) groups is 2. The molecule has 124 valence electrons. The maximum atomic E-state index is 12.5. The fourth-order valence-electron chi connectivity index (χ4n) is 3.97. The van der Waals surface area contributed by atoms with Crippen LogP contribution < -0.4 is 4.74 Å². The second-order valence-electron chi connectivity index (χ2n) is 6.25. The molecule has 7 heteroatoms. The van der Waals surface area contributed by atoms with E-state index < -0.39 is 0 Å². The second-order valence-corrected chi connectivity index (χ2v) is 7.51. The Balaban J connectivity index is 1.59. The summed E-state index contributed by atoms with van der Waals surface area (Å²) in [5.41, 5.74) is 0.673.